The maximum absolute atomic E-state index is 12.7. The molecule has 2 rings (SSSR count). The number of rotatable bonds is 5. The highest BCUT2D eigenvalue weighted by Crippen LogP contribution is 2.49. The summed E-state index contributed by atoms with van der Waals surface area (Å²) in [7, 11) is -2.45. The van der Waals surface area contributed by atoms with E-state index < -0.39 is 32.9 Å². The molecule has 1 fully saturated rings. The number of halogens is 4. The van der Waals surface area contributed by atoms with Crippen LogP contribution in [0.25, 0.3) is 0 Å². The smallest absolute Gasteiger partial charge is 0.299 e. The lowest BCUT2D eigenvalue weighted by molar-refractivity contribution is -0.197. The van der Waals surface area contributed by atoms with Crippen molar-refractivity contribution in [2.45, 2.75) is 22.8 Å². The van der Waals surface area contributed by atoms with Gasteiger partial charge in [-0.15, -0.1) is 0 Å². The molecule has 0 spiro atoms. The maximum atomic E-state index is 12.7. The Balaban J connectivity index is 2.59. The number of alkyl halides is 4. The predicted molar refractivity (Wildman–Crippen MR) is 82.3 cm³/mol. The molecule has 1 aromatic rings. The molecule has 1 aromatic carbocycles. The van der Waals surface area contributed by atoms with Gasteiger partial charge in [-0.2, -0.15) is 13.5 Å². The second-order valence-corrected chi connectivity index (χ2v) is 8.22. The van der Waals surface area contributed by atoms with E-state index in [1.807, 2.05) is 0 Å². The Bertz CT molecular complexity index is 663. The fourth-order valence-electron chi connectivity index (χ4n) is 2.47. The normalized spacial score (nSPS) is 28.4. The van der Waals surface area contributed by atoms with Gasteiger partial charge in [-0.3, -0.25) is 4.74 Å². The van der Waals surface area contributed by atoms with E-state index in [-0.39, 0.29) is 0 Å². The van der Waals surface area contributed by atoms with Crippen molar-refractivity contribution in [3.63, 3.8) is 0 Å². The molecule has 0 radical (unpaired) electrons. The summed E-state index contributed by atoms with van der Waals surface area (Å²) in [4.78, 5) is 0. The Labute approximate surface area is 142 Å². The number of nitrogens with one attached hydrogen (secondary N) is 2. The molecule has 0 amide bonds. The van der Waals surface area contributed by atoms with Crippen molar-refractivity contribution in [2.75, 3.05) is 13.3 Å². The Morgan fingerprint density at radius 1 is 1.35 bits per heavy atom. The Morgan fingerprint density at radius 2 is 1.91 bits per heavy atom. The maximum Gasteiger partial charge on any atom is 0.346 e. The summed E-state index contributed by atoms with van der Waals surface area (Å²) in [6.45, 7) is -3.15. The highest BCUT2D eigenvalue weighted by atomic mass is 35.5. The molecule has 2 unspecified atom stereocenters. The van der Waals surface area contributed by atoms with E-state index >= 15 is 0 Å². The monoisotopic (exact) mass is 389 g/mol. The third-order valence-corrected chi connectivity index (χ3v) is 4.90. The minimum absolute atomic E-state index is 0.336. The van der Waals surface area contributed by atoms with Gasteiger partial charge in [-0.1, -0.05) is 53.5 Å². The summed E-state index contributed by atoms with van der Waals surface area (Å²) in [5, 5.41) is 1.09. The van der Waals surface area contributed by atoms with E-state index in [0.29, 0.717) is 5.56 Å². The van der Waals surface area contributed by atoms with E-state index in [9.17, 15) is 17.2 Å². The van der Waals surface area contributed by atoms with Gasteiger partial charge < -0.3 is 0 Å². The van der Waals surface area contributed by atoms with E-state index in [4.69, 9.17) is 23.2 Å². The van der Waals surface area contributed by atoms with Gasteiger partial charge in [0.1, 0.15) is 0 Å². The molecule has 0 bridgehead atoms. The zero-order valence-electron chi connectivity index (χ0n) is 12.1. The molecule has 6 nitrogen and oxygen atoms in total. The predicted octanol–water partition coefficient (Wildman–Crippen LogP) is 1.58. The molecule has 1 aliphatic rings. The van der Waals surface area contributed by atoms with Gasteiger partial charge in [-0.25, -0.2) is 18.9 Å². The van der Waals surface area contributed by atoms with Gasteiger partial charge in [0, 0.05) is 7.05 Å². The molecular formula is C12H15Cl2F2N3O3S. The third kappa shape index (κ3) is 3.60. The highest BCUT2D eigenvalue weighted by Gasteiger charge is 2.65. The molecule has 130 valence electrons. The van der Waals surface area contributed by atoms with Gasteiger partial charge in [0.2, 0.25) is 10.0 Å². The Morgan fingerprint density at radius 3 is 2.39 bits per heavy atom. The SMILES string of the molecule is CN1NC(NS(C)(=O)=O)(c2ccccc2)C(Cl)(Cl)C1OC(F)F. The minimum atomic E-state index is -3.81. The van der Waals surface area contributed by atoms with Crippen LogP contribution in [0.3, 0.4) is 0 Å². The Kier molecular flexibility index (Phi) is 5.22. The molecule has 2 N–H and O–H groups in total. The van der Waals surface area contributed by atoms with Crippen LogP contribution in [-0.4, -0.2) is 43.9 Å². The molecule has 2 atom stereocenters. The molecule has 0 aliphatic carbocycles. The third-order valence-electron chi connectivity index (χ3n) is 3.28. The average Bonchev–Trinajstić information content (AvgIpc) is 2.59. The second-order valence-electron chi connectivity index (χ2n) is 5.09. The van der Waals surface area contributed by atoms with Crippen molar-refractivity contribution < 1.29 is 21.9 Å². The summed E-state index contributed by atoms with van der Waals surface area (Å²) in [5.41, 5.74) is 1.25. The van der Waals surface area contributed by atoms with Gasteiger partial charge in [0.25, 0.3) is 0 Å². The fourth-order valence-corrected chi connectivity index (χ4v) is 4.26. The number of hydrogen-bond acceptors (Lipinski definition) is 5. The molecule has 1 saturated heterocycles. The molecule has 0 saturated carbocycles. The lowest BCUT2D eigenvalue weighted by Crippen LogP contribution is -2.62. The van der Waals surface area contributed by atoms with Crippen molar-refractivity contribution in [1.29, 1.82) is 0 Å². The number of sulfonamides is 1. The second kappa shape index (κ2) is 6.40. The molecule has 1 heterocycles. The van der Waals surface area contributed by atoms with Crippen LogP contribution in [0.2, 0.25) is 0 Å². The standard InChI is InChI=1S/C12H15Cl2F2N3O3S/c1-19-9(22-10(15)16)11(13,14)12(17-19,18-23(2,20)21)8-6-4-3-5-7-8/h3-7,9-10,17-18H,1-2H3. The van der Waals surface area contributed by atoms with Crippen LogP contribution in [0.1, 0.15) is 5.56 Å². The van der Waals surface area contributed by atoms with Crippen molar-refractivity contribution in [1.82, 2.24) is 15.2 Å². The highest BCUT2D eigenvalue weighted by molar-refractivity contribution is 7.88. The van der Waals surface area contributed by atoms with Crippen LogP contribution in [0, 0.1) is 0 Å². The van der Waals surface area contributed by atoms with Crippen LogP contribution < -0.4 is 10.1 Å². The van der Waals surface area contributed by atoms with Gasteiger partial charge in [0.15, 0.2) is 16.2 Å². The van der Waals surface area contributed by atoms with Crippen LogP contribution in [0.15, 0.2) is 30.3 Å². The first-order valence-electron chi connectivity index (χ1n) is 6.36. The molecule has 11 heteroatoms. The fraction of sp³-hybridized carbons (Fsp3) is 0.500. The van der Waals surface area contributed by atoms with E-state index in [1.54, 1.807) is 30.3 Å². The van der Waals surface area contributed by atoms with E-state index in [1.165, 1.54) is 7.05 Å². The summed E-state index contributed by atoms with van der Waals surface area (Å²) in [6, 6.07) is 8.09. The zero-order valence-corrected chi connectivity index (χ0v) is 14.5. The molecule has 1 aliphatic heterocycles. The van der Waals surface area contributed by atoms with Crippen molar-refractivity contribution in [3.05, 3.63) is 35.9 Å². The lowest BCUT2D eigenvalue weighted by Gasteiger charge is -2.38. The molecule has 0 aromatic heterocycles. The summed E-state index contributed by atoms with van der Waals surface area (Å²) in [6.07, 6.45) is -0.606. The van der Waals surface area contributed by atoms with Crippen molar-refractivity contribution in [3.8, 4) is 0 Å². The quantitative estimate of drug-likeness (QED) is 0.748. The molecule has 23 heavy (non-hydrogen) atoms. The van der Waals surface area contributed by atoms with Crippen molar-refractivity contribution in [2.24, 2.45) is 0 Å². The lowest BCUT2D eigenvalue weighted by atomic mass is 9.97. The minimum Gasteiger partial charge on any atom is -0.299 e. The number of hydrogen-bond donors (Lipinski definition) is 2. The number of benzene rings is 1. The summed E-state index contributed by atoms with van der Waals surface area (Å²) < 4.78 is 53.6. The van der Waals surface area contributed by atoms with Gasteiger partial charge in [0.05, 0.1) is 6.26 Å². The summed E-state index contributed by atoms with van der Waals surface area (Å²) in [5.74, 6) is 0. The van der Waals surface area contributed by atoms with Gasteiger partial charge in [-0.05, 0) is 5.56 Å². The first kappa shape index (κ1) is 18.8. The first-order valence-corrected chi connectivity index (χ1v) is 9.01. The topological polar surface area (TPSA) is 70.7 Å². The number of ether oxygens (including phenoxy) is 1. The Hall–Kier alpha value is -0.550. The van der Waals surface area contributed by atoms with E-state index in [0.717, 1.165) is 11.3 Å². The summed E-state index contributed by atoms with van der Waals surface area (Å²) >= 11 is 12.6. The largest absolute Gasteiger partial charge is 0.346 e. The zero-order chi connectivity index (χ0) is 17.5. The first-order chi connectivity index (χ1) is 10.5. The van der Waals surface area contributed by atoms with Crippen LogP contribution in [0.5, 0.6) is 0 Å². The average molecular weight is 390 g/mol. The van der Waals surface area contributed by atoms with Crippen LogP contribution in [0.4, 0.5) is 8.78 Å². The van der Waals surface area contributed by atoms with E-state index in [2.05, 4.69) is 14.9 Å². The van der Waals surface area contributed by atoms with Crippen LogP contribution in [-0.2, 0) is 20.4 Å². The van der Waals surface area contributed by atoms with Gasteiger partial charge >= 0.3 is 6.61 Å². The molecular weight excluding hydrogens is 375 g/mol. The van der Waals surface area contributed by atoms with Crippen molar-refractivity contribution >= 4 is 33.2 Å². The number of hydrazine groups is 1. The van der Waals surface area contributed by atoms with Crippen LogP contribution >= 0.6 is 23.2 Å². The number of nitrogens with zero attached hydrogens (tertiary/aromatic N) is 1.